The molecule has 1 amide bonds. The molecule has 0 fully saturated rings. The molecule has 0 aromatic heterocycles. The van der Waals surface area contributed by atoms with Crippen LogP contribution in [0.4, 0.5) is 0 Å². The summed E-state index contributed by atoms with van der Waals surface area (Å²) < 4.78 is 22.1. The third-order valence-corrected chi connectivity index (χ3v) is 6.20. The van der Waals surface area contributed by atoms with Crippen molar-refractivity contribution in [2.75, 3.05) is 20.8 Å². The molecule has 1 aliphatic heterocycles. The van der Waals surface area contributed by atoms with Crippen molar-refractivity contribution in [1.82, 2.24) is 5.32 Å². The Morgan fingerprint density at radius 3 is 2.42 bits per heavy atom. The van der Waals surface area contributed by atoms with Gasteiger partial charge in [-0.3, -0.25) is 9.59 Å². The van der Waals surface area contributed by atoms with Gasteiger partial charge in [0.15, 0.2) is 0 Å². The molecule has 1 heterocycles. The highest BCUT2D eigenvalue weighted by atomic mass is 35.5. The summed E-state index contributed by atoms with van der Waals surface area (Å²) in [6, 6.07) is 17.3. The van der Waals surface area contributed by atoms with Crippen LogP contribution in [0.2, 0.25) is 5.02 Å². The first-order valence-electron chi connectivity index (χ1n) is 11.3. The monoisotopic (exact) mass is 511 g/mol. The minimum Gasteiger partial charge on any atom is -0.497 e. The van der Waals surface area contributed by atoms with Crippen LogP contribution in [-0.2, 0) is 16.0 Å². The minimum absolute atomic E-state index is 0.272. The van der Waals surface area contributed by atoms with Crippen LogP contribution in [0.3, 0.4) is 0 Å². The zero-order valence-electron chi connectivity index (χ0n) is 19.8. The van der Waals surface area contributed by atoms with Crippen LogP contribution >= 0.6 is 11.6 Å². The molecule has 9 heteroatoms. The lowest BCUT2D eigenvalue weighted by atomic mass is 9.93. The van der Waals surface area contributed by atoms with Gasteiger partial charge in [0, 0.05) is 30.7 Å². The van der Waals surface area contributed by atoms with Gasteiger partial charge in [-0.2, -0.15) is 0 Å². The Morgan fingerprint density at radius 2 is 1.78 bits per heavy atom. The molecule has 0 aliphatic carbocycles. The van der Waals surface area contributed by atoms with Gasteiger partial charge in [0.05, 0.1) is 24.7 Å². The van der Waals surface area contributed by atoms with Crippen molar-refractivity contribution in [2.45, 2.75) is 25.0 Å². The van der Waals surface area contributed by atoms with Crippen LogP contribution < -0.4 is 19.5 Å². The predicted octanol–water partition coefficient (Wildman–Crippen LogP) is 5.04. The van der Waals surface area contributed by atoms with Crippen LogP contribution in [0.1, 0.15) is 33.8 Å². The molecule has 0 radical (unpaired) electrons. The quantitative estimate of drug-likeness (QED) is 0.388. The van der Waals surface area contributed by atoms with E-state index in [4.69, 9.17) is 30.5 Å². The third kappa shape index (κ3) is 5.90. The topological polar surface area (TPSA) is 103 Å². The summed E-state index contributed by atoms with van der Waals surface area (Å²) in [6.07, 6.45) is 0.368. The number of carboxylic acids is 1. The van der Waals surface area contributed by atoms with Gasteiger partial charge in [-0.05, 0) is 54.4 Å². The van der Waals surface area contributed by atoms with Crippen LogP contribution in [0.25, 0.3) is 0 Å². The number of carboxylic acid groups (broad SMARTS) is 1. The number of benzene rings is 3. The van der Waals surface area contributed by atoms with Crippen LogP contribution in [-0.4, -0.2) is 44.0 Å². The number of methoxy groups -OCH3 is 2. The summed E-state index contributed by atoms with van der Waals surface area (Å²) >= 11 is 6.36. The number of halogens is 1. The third-order valence-electron chi connectivity index (χ3n) is 5.90. The molecular weight excluding hydrogens is 486 g/mol. The van der Waals surface area contributed by atoms with Crippen molar-refractivity contribution in [1.29, 1.82) is 0 Å². The SMILES string of the molecule is COc1ccc(CC(NC(=O)c2ccc(Oc3cc4c(cc3Cl)C(C(=O)O)CCO4)cc2)OC)cc1. The molecule has 2 atom stereocenters. The summed E-state index contributed by atoms with van der Waals surface area (Å²) in [5, 5.41) is 12.6. The summed E-state index contributed by atoms with van der Waals surface area (Å²) in [5.41, 5.74) is 1.95. The second-order valence-corrected chi connectivity index (χ2v) is 8.63. The standard InChI is InChI=1S/C27H26ClNO7/c1-33-18-7-3-16(4-8-18)13-25(34-2)29-26(30)17-5-9-19(10-6-17)36-24-15-23-21(14-22(24)28)20(27(31)32)11-12-35-23/h3-10,14-15,20,25H,11-13H2,1-2H3,(H,29,30)(H,31,32). The Balaban J connectivity index is 1.40. The lowest BCUT2D eigenvalue weighted by Crippen LogP contribution is -2.37. The number of aliphatic carboxylic acids is 1. The van der Waals surface area contributed by atoms with Gasteiger partial charge in [-0.15, -0.1) is 0 Å². The van der Waals surface area contributed by atoms with E-state index in [9.17, 15) is 14.7 Å². The summed E-state index contributed by atoms with van der Waals surface area (Å²) in [7, 11) is 3.14. The number of ether oxygens (including phenoxy) is 4. The zero-order valence-corrected chi connectivity index (χ0v) is 20.6. The van der Waals surface area contributed by atoms with Crippen LogP contribution in [0, 0.1) is 0 Å². The number of hydrogen-bond donors (Lipinski definition) is 2. The van der Waals surface area contributed by atoms with E-state index in [1.54, 1.807) is 43.5 Å². The van der Waals surface area contributed by atoms with Crippen molar-refractivity contribution in [2.24, 2.45) is 0 Å². The molecule has 3 aromatic carbocycles. The maximum absolute atomic E-state index is 12.7. The molecule has 0 saturated carbocycles. The molecule has 0 spiro atoms. The van der Waals surface area contributed by atoms with Crippen molar-refractivity contribution in [3.8, 4) is 23.0 Å². The van der Waals surface area contributed by atoms with E-state index in [0.717, 1.165) is 11.3 Å². The number of amides is 1. The van der Waals surface area contributed by atoms with E-state index in [1.807, 2.05) is 24.3 Å². The van der Waals surface area contributed by atoms with Crippen molar-refractivity contribution >= 4 is 23.5 Å². The Labute approximate surface area is 213 Å². The second-order valence-electron chi connectivity index (χ2n) is 8.22. The van der Waals surface area contributed by atoms with Crippen molar-refractivity contribution < 1.29 is 33.6 Å². The van der Waals surface area contributed by atoms with E-state index >= 15 is 0 Å². The maximum atomic E-state index is 12.7. The van der Waals surface area contributed by atoms with E-state index in [0.29, 0.717) is 47.8 Å². The smallest absolute Gasteiger partial charge is 0.311 e. The lowest BCUT2D eigenvalue weighted by molar-refractivity contribution is -0.139. The molecule has 36 heavy (non-hydrogen) atoms. The normalized spacial score (nSPS) is 15.2. The molecule has 4 rings (SSSR count). The van der Waals surface area contributed by atoms with Gasteiger partial charge in [0.25, 0.3) is 5.91 Å². The number of rotatable bonds is 9. The molecule has 1 aliphatic rings. The zero-order chi connectivity index (χ0) is 25.7. The Morgan fingerprint density at radius 1 is 1.08 bits per heavy atom. The molecule has 2 unspecified atom stereocenters. The Hall–Kier alpha value is -3.75. The fraction of sp³-hybridized carbons (Fsp3) is 0.259. The molecule has 3 aromatic rings. The maximum Gasteiger partial charge on any atom is 0.311 e. The van der Waals surface area contributed by atoms with Gasteiger partial charge in [-0.1, -0.05) is 23.7 Å². The molecular formula is C27H26ClNO7. The Kier molecular flexibility index (Phi) is 7.97. The van der Waals surface area contributed by atoms with E-state index < -0.39 is 18.1 Å². The first-order valence-corrected chi connectivity index (χ1v) is 11.7. The average Bonchev–Trinajstić information content (AvgIpc) is 2.89. The van der Waals surface area contributed by atoms with Crippen molar-refractivity contribution in [3.63, 3.8) is 0 Å². The largest absolute Gasteiger partial charge is 0.497 e. The van der Waals surface area contributed by atoms with Crippen LogP contribution in [0.5, 0.6) is 23.0 Å². The molecule has 0 saturated heterocycles. The van der Waals surface area contributed by atoms with E-state index in [1.165, 1.54) is 7.11 Å². The first kappa shape index (κ1) is 25.3. The average molecular weight is 512 g/mol. The fourth-order valence-corrected chi connectivity index (χ4v) is 4.13. The van der Waals surface area contributed by atoms with E-state index in [2.05, 4.69) is 5.32 Å². The molecule has 8 nitrogen and oxygen atoms in total. The van der Waals surface area contributed by atoms with Gasteiger partial charge in [0.1, 0.15) is 29.2 Å². The lowest BCUT2D eigenvalue weighted by Gasteiger charge is -2.24. The molecule has 0 bridgehead atoms. The van der Waals surface area contributed by atoms with Crippen molar-refractivity contribution in [3.05, 3.63) is 82.4 Å². The van der Waals surface area contributed by atoms with E-state index in [-0.39, 0.29) is 10.9 Å². The van der Waals surface area contributed by atoms with Gasteiger partial charge in [0.2, 0.25) is 0 Å². The Bertz CT molecular complexity index is 1230. The number of hydrogen-bond acceptors (Lipinski definition) is 6. The van der Waals surface area contributed by atoms with Gasteiger partial charge < -0.3 is 29.4 Å². The van der Waals surface area contributed by atoms with Gasteiger partial charge in [-0.25, -0.2) is 0 Å². The first-order chi connectivity index (χ1) is 17.4. The number of nitrogens with one attached hydrogen (secondary N) is 1. The number of carbonyl (C=O) groups excluding carboxylic acids is 1. The highest BCUT2D eigenvalue weighted by Crippen LogP contribution is 2.41. The highest BCUT2D eigenvalue weighted by Gasteiger charge is 2.29. The van der Waals surface area contributed by atoms with Crippen LogP contribution in [0.15, 0.2) is 60.7 Å². The summed E-state index contributed by atoms with van der Waals surface area (Å²) in [4.78, 5) is 24.3. The molecule has 2 N–H and O–H groups in total. The number of fused-ring (bicyclic) bond motifs is 1. The second kappa shape index (κ2) is 11.3. The minimum atomic E-state index is -0.919. The fourth-order valence-electron chi connectivity index (χ4n) is 3.92. The summed E-state index contributed by atoms with van der Waals surface area (Å²) in [5.74, 6) is 0.107. The van der Waals surface area contributed by atoms with Gasteiger partial charge >= 0.3 is 5.97 Å². The molecule has 188 valence electrons. The summed E-state index contributed by atoms with van der Waals surface area (Å²) in [6.45, 7) is 0.301. The predicted molar refractivity (Wildman–Crippen MR) is 133 cm³/mol. The number of carbonyl (C=O) groups is 2. The highest BCUT2D eigenvalue weighted by molar-refractivity contribution is 6.32.